The minimum absolute atomic E-state index is 0.179. The van der Waals surface area contributed by atoms with Crippen LogP contribution in [0.1, 0.15) is 28.4 Å². The van der Waals surface area contributed by atoms with Gasteiger partial charge in [-0.25, -0.2) is 0 Å². The Morgan fingerprint density at radius 1 is 1.10 bits per heavy atom. The fourth-order valence-electron chi connectivity index (χ4n) is 3.99. The van der Waals surface area contributed by atoms with Crippen molar-refractivity contribution in [2.24, 2.45) is 0 Å². The van der Waals surface area contributed by atoms with Crippen LogP contribution in [0.5, 0.6) is 5.75 Å². The van der Waals surface area contributed by atoms with Crippen molar-refractivity contribution in [2.75, 3.05) is 12.0 Å². The third-order valence-electron chi connectivity index (χ3n) is 5.65. The van der Waals surface area contributed by atoms with E-state index < -0.39 is 5.54 Å². The number of ether oxygens (including phenoxy) is 1. The molecule has 2 amide bonds. The molecule has 5 nitrogen and oxygen atoms in total. The molecule has 3 aromatic carbocycles. The predicted molar refractivity (Wildman–Crippen MR) is 124 cm³/mol. The first-order valence-electron chi connectivity index (χ1n) is 10.0. The molecule has 1 N–H and O–H groups in total. The molecule has 4 rings (SSSR count). The van der Waals surface area contributed by atoms with Crippen LogP contribution in [0.2, 0.25) is 0 Å². The van der Waals surface area contributed by atoms with Gasteiger partial charge in [0.05, 0.1) is 7.11 Å². The van der Waals surface area contributed by atoms with Gasteiger partial charge in [-0.05, 0) is 54.4 Å². The molecule has 3 aromatic rings. The molecule has 0 spiro atoms. The quantitative estimate of drug-likeness (QED) is 0.576. The number of nitrogens with one attached hydrogen (secondary N) is 1. The van der Waals surface area contributed by atoms with Crippen LogP contribution in [0.25, 0.3) is 0 Å². The number of carbonyl (C=O) groups is 2. The van der Waals surface area contributed by atoms with Crippen molar-refractivity contribution in [1.29, 1.82) is 0 Å². The van der Waals surface area contributed by atoms with Gasteiger partial charge >= 0.3 is 0 Å². The molecule has 0 radical (unpaired) electrons. The highest BCUT2D eigenvalue weighted by molar-refractivity contribution is 9.10. The van der Waals surface area contributed by atoms with Crippen LogP contribution in [0.3, 0.4) is 0 Å². The van der Waals surface area contributed by atoms with E-state index in [9.17, 15) is 9.59 Å². The van der Waals surface area contributed by atoms with Gasteiger partial charge in [-0.15, -0.1) is 0 Å². The fraction of sp³-hybridized carbons (Fsp3) is 0.200. The molecule has 1 aliphatic rings. The predicted octanol–water partition coefficient (Wildman–Crippen LogP) is 4.74. The lowest BCUT2D eigenvalue weighted by Crippen LogP contribution is -2.63. The summed E-state index contributed by atoms with van der Waals surface area (Å²) in [7, 11) is 1.62. The maximum atomic E-state index is 13.5. The van der Waals surface area contributed by atoms with Gasteiger partial charge in [0.25, 0.3) is 5.91 Å². The van der Waals surface area contributed by atoms with E-state index in [0.717, 1.165) is 21.3 Å². The Balaban J connectivity index is 1.67. The van der Waals surface area contributed by atoms with Crippen molar-refractivity contribution < 1.29 is 14.3 Å². The standard InChI is InChI=1S/C25H23BrN2O3/c1-25(24(30)27-16-17-10-12-21(31-2)13-11-17)15-18-6-3-4-9-22(18)23(29)28(25)20-8-5-7-19(26)14-20/h3-14H,15-16H2,1-2H3,(H,27,30)/t25-/m0/s1. The highest BCUT2D eigenvalue weighted by Crippen LogP contribution is 2.36. The highest BCUT2D eigenvalue weighted by Gasteiger charge is 2.47. The lowest BCUT2D eigenvalue weighted by atomic mass is 9.82. The number of nitrogens with zero attached hydrogens (tertiary/aromatic N) is 1. The van der Waals surface area contributed by atoms with E-state index >= 15 is 0 Å². The molecule has 1 heterocycles. The molecule has 0 fully saturated rings. The van der Waals surface area contributed by atoms with E-state index in [0.29, 0.717) is 24.2 Å². The van der Waals surface area contributed by atoms with Gasteiger partial charge in [0.2, 0.25) is 5.91 Å². The van der Waals surface area contributed by atoms with Crippen molar-refractivity contribution in [1.82, 2.24) is 5.32 Å². The molecule has 6 heteroatoms. The average molecular weight is 479 g/mol. The summed E-state index contributed by atoms with van der Waals surface area (Å²) in [4.78, 5) is 28.6. The number of anilines is 1. The summed E-state index contributed by atoms with van der Waals surface area (Å²) >= 11 is 3.48. The largest absolute Gasteiger partial charge is 0.497 e. The summed E-state index contributed by atoms with van der Waals surface area (Å²) in [5, 5.41) is 3.03. The van der Waals surface area contributed by atoms with Gasteiger partial charge < -0.3 is 10.1 Å². The second-order valence-corrected chi connectivity index (χ2v) is 8.67. The molecule has 0 saturated carbocycles. The maximum absolute atomic E-state index is 13.5. The fourth-order valence-corrected chi connectivity index (χ4v) is 4.38. The first-order valence-corrected chi connectivity index (χ1v) is 10.8. The summed E-state index contributed by atoms with van der Waals surface area (Å²) in [5.41, 5.74) is 2.06. The van der Waals surface area contributed by atoms with Gasteiger partial charge in [-0.3, -0.25) is 14.5 Å². The van der Waals surface area contributed by atoms with Gasteiger partial charge in [0.15, 0.2) is 0 Å². The molecule has 158 valence electrons. The number of rotatable bonds is 5. The van der Waals surface area contributed by atoms with E-state index in [2.05, 4.69) is 21.2 Å². The Kier molecular flexibility index (Phi) is 5.83. The molecule has 31 heavy (non-hydrogen) atoms. The van der Waals surface area contributed by atoms with Crippen LogP contribution in [-0.4, -0.2) is 24.5 Å². The van der Waals surface area contributed by atoms with Gasteiger partial charge in [0.1, 0.15) is 11.3 Å². The number of hydrogen-bond acceptors (Lipinski definition) is 3. The van der Waals surface area contributed by atoms with Crippen LogP contribution in [0, 0.1) is 0 Å². The minimum Gasteiger partial charge on any atom is -0.497 e. The molecule has 0 aliphatic carbocycles. The SMILES string of the molecule is COc1ccc(CNC(=O)[C@]2(C)Cc3ccccc3C(=O)N2c2cccc(Br)c2)cc1. The zero-order chi connectivity index (χ0) is 22.0. The monoisotopic (exact) mass is 478 g/mol. The Bertz CT molecular complexity index is 1130. The summed E-state index contributed by atoms with van der Waals surface area (Å²) in [6, 6.07) is 22.5. The first kappa shape index (κ1) is 21.1. The van der Waals surface area contributed by atoms with E-state index in [1.165, 1.54) is 0 Å². The lowest BCUT2D eigenvalue weighted by Gasteiger charge is -2.44. The van der Waals surface area contributed by atoms with Crippen molar-refractivity contribution in [3.63, 3.8) is 0 Å². The van der Waals surface area contributed by atoms with Crippen LogP contribution in [-0.2, 0) is 17.8 Å². The third-order valence-corrected chi connectivity index (χ3v) is 6.14. The molecule has 0 aromatic heterocycles. The second-order valence-electron chi connectivity index (χ2n) is 7.76. The second kappa shape index (κ2) is 8.55. The van der Waals surface area contributed by atoms with Crippen molar-refractivity contribution in [2.45, 2.75) is 25.4 Å². The minimum atomic E-state index is -1.07. The van der Waals surface area contributed by atoms with E-state index in [-0.39, 0.29) is 11.8 Å². The van der Waals surface area contributed by atoms with Crippen molar-refractivity contribution in [3.05, 3.63) is 94.0 Å². The highest BCUT2D eigenvalue weighted by atomic mass is 79.9. The van der Waals surface area contributed by atoms with E-state index in [4.69, 9.17) is 4.74 Å². The number of carbonyl (C=O) groups excluding carboxylic acids is 2. The number of hydrogen-bond donors (Lipinski definition) is 1. The first-order chi connectivity index (χ1) is 14.9. The van der Waals surface area contributed by atoms with E-state index in [1.54, 1.807) is 12.0 Å². The van der Waals surface area contributed by atoms with Crippen LogP contribution >= 0.6 is 15.9 Å². The number of methoxy groups -OCH3 is 1. The summed E-state index contributed by atoms with van der Waals surface area (Å²) < 4.78 is 6.03. The maximum Gasteiger partial charge on any atom is 0.259 e. The van der Waals surface area contributed by atoms with Crippen LogP contribution in [0.4, 0.5) is 5.69 Å². The topological polar surface area (TPSA) is 58.6 Å². The molecule has 0 saturated heterocycles. The van der Waals surface area contributed by atoms with Crippen molar-refractivity contribution >= 4 is 33.4 Å². The van der Waals surface area contributed by atoms with Gasteiger partial charge in [0, 0.05) is 28.7 Å². The normalized spacial score (nSPS) is 17.8. The summed E-state index contributed by atoms with van der Waals surface area (Å²) in [6.45, 7) is 2.19. The van der Waals surface area contributed by atoms with Gasteiger partial charge in [-0.1, -0.05) is 52.3 Å². The third kappa shape index (κ3) is 4.08. The molecule has 1 aliphatic heterocycles. The zero-order valence-corrected chi connectivity index (χ0v) is 19.0. The van der Waals surface area contributed by atoms with Gasteiger partial charge in [-0.2, -0.15) is 0 Å². The lowest BCUT2D eigenvalue weighted by molar-refractivity contribution is -0.126. The van der Waals surface area contributed by atoms with Crippen LogP contribution < -0.4 is 15.0 Å². The molecule has 1 atom stereocenters. The Morgan fingerprint density at radius 2 is 1.84 bits per heavy atom. The summed E-state index contributed by atoms with van der Waals surface area (Å²) in [5.74, 6) is 0.380. The number of amides is 2. The Hall–Kier alpha value is -3.12. The van der Waals surface area contributed by atoms with E-state index in [1.807, 2.05) is 79.7 Å². The Labute approximate surface area is 190 Å². The molecular formula is C25H23BrN2O3. The average Bonchev–Trinajstić information content (AvgIpc) is 2.78. The molecule has 0 bridgehead atoms. The van der Waals surface area contributed by atoms with Crippen molar-refractivity contribution in [3.8, 4) is 5.75 Å². The number of fused-ring (bicyclic) bond motifs is 1. The number of halogens is 1. The summed E-state index contributed by atoms with van der Waals surface area (Å²) in [6.07, 6.45) is 0.426. The number of benzene rings is 3. The smallest absolute Gasteiger partial charge is 0.259 e. The molecular weight excluding hydrogens is 456 g/mol. The Morgan fingerprint density at radius 3 is 2.55 bits per heavy atom. The zero-order valence-electron chi connectivity index (χ0n) is 17.4. The molecule has 0 unspecified atom stereocenters. The van der Waals surface area contributed by atoms with Crippen LogP contribution in [0.15, 0.2) is 77.3 Å².